The maximum absolute atomic E-state index is 12.3. The molecule has 0 aromatic heterocycles. The van der Waals surface area contributed by atoms with E-state index < -0.39 is 5.54 Å². The van der Waals surface area contributed by atoms with Crippen molar-refractivity contribution < 1.29 is 9.53 Å². The molecule has 17 heavy (non-hydrogen) atoms. The monoisotopic (exact) mass is 233 g/mol. The molecule has 1 aliphatic rings. The third-order valence-electron chi connectivity index (χ3n) is 3.34. The summed E-state index contributed by atoms with van der Waals surface area (Å²) in [5, 5.41) is 0. The van der Waals surface area contributed by atoms with E-state index in [1.54, 1.807) is 12.1 Å². The summed E-state index contributed by atoms with van der Waals surface area (Å²) < 4.78 is 5.34. The van der Waals surface area contributed by atoms with Crippen molar-refractivity contribution >= 4 is 5.78 Å². The van der Waals surface area contributed by atoms with E-state index in [9.17, 15) is 4.79 Å². The first-order chi connectivity index (χ1) is 8.05. The van der Waals surface area contributed by atoms with Gasteiger partial charge in [-0.25, -0.2) is 0 Å². The van der Waals surface area contributed by atoms with Gasteiger partial charge in [-0.1, -0.05) is 0 Å². The van der Waals surface area contributed by atoms with E-state index >= 15 is 0 Å². The SMILES string of the molecule is CCOc1ccc(C(=O)C(C)(N)C2CC2)cc1. The zero-order valence-corrected chi connectivity index (χ0v) is 10.4. The number of ether oxygens (including phenoxy) is 1. The van der Waals surface area contributed by atoms with Crippen LogP contribution in [0.4, 0.5) is 0 Å². The smallest absolute Gasteiger partial charge is 0.182 e. The third kappa shape index (κ3) is 2.50. The van der Waals surface area contributed by atoms with Crippen LogP contribution in [-0.4, -0.2) is 17.9 Å². The van der Waals surface area contributed by atoms with Gasteiger partial charge in [0.1, 0.15) is 5.75 Å². The van der Waals surface area contributed by atoms with Gasteiger partial charge in [-0.3, -0.25) is 4.79 Å². The van der Waals surface area contributed by atoms with Gasteiger partial charge < -0.3 is 10.5 Å². The molecule has 92 valence electrons. The molecule has 0 saturated heterocycles. The Morgan fingerprint density at radius 3 is 2.47 bits per heavy atom. The predicted octanol–water partition coefficient (Wildman–Crippen LogP) is 2.40. The van der Waals surface area contributed by atoms with Gasteiger partial charge in [0.25, 0.3) is 0 Å². The van der Waals surface area contributed by atoms with Crippen LogP contribution in [0.1, 0.15) is 37.0 Å². The summed E-state index contributed by atoms with van der Waals surface area (Å²) in [6, 6.07) is 7.22. The number of nitrogens with two attached hydrogens (primary N) is 1. The molecular formula is C14H19NO2. The Morgan fingerprint density at radius 2 is 2.00 bits per heavy atom. The molecule has 1 fully saturated rings. The second kappa shape index (κ2) is 4.49. The van der Waals surface area contributed by atoms with Crippen molar-refractivity contribution in [1.29, 1.82) is 0 Å². The summed E-state index contributed by atoms with van der Waals surface area (Å²) in [4.78, 5) is 12.3. The molecule has 0 bridgehead atoms. The average molecular weight is 233 g/mol. The van der Waals surface area contributed by atoms with E-state index in [1.807, 2.05) is 26.0 Å². The summed E-state index contributed by atoms with van der Waals surface area (Å²) in [7, 11) is 0. The summed E-state index contributed by atoms with van der Waals surface area (Å²) in [6.45, 7) is 4.40. The second-order valence-corrected chi connectivity index (χ2v) is 4.84. The highest BCUT2D eigenvalue weighted by atomic mass is 16.5. The van der Waals surface area contributed by atoms with Crippen LogP contribution >= 0.6 is 0 Å². The number of rotatable bonds is 5. The molecule has 1 aromatic rings. The average Bonchev–Trinajstić information content (AvgIpc) is 3.13. The lowest BCUT2D eigenvalue weighted by atomic mass is 9.87. The lowest BCUT2D eigenvalue weighted by molar-refractivity contribution is 0.0883. The van der Waals surface area contributed by atoms with Crippen molar-refractivity contribution in [3.05, 3.63) is 29.8 Å². The van der Waals surface area contributed by atoms with E-state index in [4.69, 9.17) is 10.5 Å². The summed E-state index contributed by atoms with van der Waals surface area (Å²) >= 11 is 0. The van der Waals surface area contributed by atoms with Crippen LogP contribution in [0.15, 0.2) is 24.3 Å². The van der Waals surface area contributed by atoms with E-state index in [0.29, 0.717) is 18.1 Å². The molecule has 0 aliphatic heterocycles. The zero-order valence-electron chi connectivity index (χ0n) is 10.4. The molecule has 3 heteroatoms. The number of ketones is 1. The first kappa shape index (κ1) is 12.1. The van der Waals surface area contributed by atoms with Crippen LogP contribution in [0.3, 0.4) is 0 Å². The minimum Gasteiger partial charge on any atom is -0.494 e. The molecule has 1 aromatic carbocycles. The number of benzene rings is 1. The molecule has 1 aliphatic carbocycles. The second-order valence-electron chi connectivity index (χ2n) is 4.84. The first-order valence-electron chi connectivity index (χ1n) is 6.12. The Kier molecular flexibility index (Phi) is 3.20. The highest BCUT2D eigenvalue weighted by Crippen LogP contribution is 2.39. The van der Waals surface area contributed by atoms with Gasteiger partial charge in [0.05, 0.1) is 12.1 Å². The Balaban J connectivity index is 2.13. The van der Waals surface area contributed by atoms with Crippen LogP contribution < -0.4 is 10.5 Å². The molecule has 0 radical (unpaired) electrons. The fourth-order valence-electron chi connectivity index (χ4n) is 2.05. The topological polar surface area (TPSA) is 52.3 Å². The summed E-state index contributed by atoms with van der Waals surface area (Å²) in [6.07, 6.45) is 2.13. The van der Waals surface area contributed by atoms with E-state index in [-0.39, 0.29) is 5.78 Å². The highest BCUT2D eigenvalue weighted by Gasteiger charge is 2.44. The van der Waals surface area contributed by atoms with Gasteiger partial charge in [-0.15, -0.1) is 0 Å². The molecule has 1 unspecified atom stereocenters. The van der Waals surface area contributed by atoms with Crippen molar-refractivity contribution in [3.8, 4) is 5.75 Å². The Labute approximate surface area is 102 Å². The number of carbonyl (C=O) groups is 1. The van der Waals surface area contributed by atoms with Crippen LogP contribution in [0.5, 0.6) is 5.75 Å². The van der Waals surface area contributed by atoms with Crippen molar-refractivity contribution in [2.45, 2.75) is 32.2 Å². The largest absolute Gasteiger partial charge is 0.494 e. The lowest BCUT2D eigenvalue weighted by Crippen LogP contribution is -2.47. The van der Waals surface area contributed by atoms with Gasteiger partial charge in [0.15, 0.2) is 5.78 Å². The number of Topliss-reactive ketones (excluding diaryl/α,β-unsaturated/α-hetero) is 1. The molecule has 2 N–H and O–H groups in total. The zero-order chi connectivity index (χ0) is 12.5. The summed E-state index contributed by atoms with van der Waals surface area (Å²) in [5.74, 6) is 1.17. The Hall–Kier alpha value is -1.35. The third-order valence-corrected chi connectivity index (χ3v) is 3.34. The molecule has 0 spiro atoms. The van der Waals surface area contributed by atoms with Gasteiger partial charge in [0, 0.05) is 5.56 Å². The molecule has 0 heterocycles. The van der Waals surface area contributed by atoms with Gasteiger partial charge in [-0.05, 0) is 56.9 Å². The minimum absolute atomic E-state index is 0.0306. The fourth-order valence-corrected chi connectivity index (χ4v) is 2.05. The van der Waals surface area contributed by atoms with Crippen LogP contribution in [0.2, 0.25) is 0 Å². The quantitative estimate of drug-likeness (QED) is 0.794. The molecule has 1 saturated carbocycles. The van der Waals surface area contributed by atoms with Crippen LogP contribution in [0, 0.1) is 5.92 Å². The number of carbonyl (C=O) groups excluding carboxylic acids is 1. The lowest BCUT2D eigenvalue weighted by Gasteiger charge is -2.22. The van der Waals surface area contributed by atoms with E-state index in [1.165, 1.54) is 0 Å². The molecule has 2 rings (SSSR count). The van der Waals surface area contributed by atoms with Gasteiger partial charge in [0.2, 0.25) is 0 Å². The van der Waals surface area contributed by atoms with Crippen molar-refractivity contribution in [2.75, 3.05) is 6.61 Å². The predicted molar refractivity (Wildman–Crippen MR) is 67.3 cm³/mol. The molecular weight excluding hydrogens is 214 g/mol. The van der Waals surface area contributed by atoms with Crippen molar-refractivity contribution in [1.82, 2.24) is 0 Å². The first-order valence-corrected chi connectivity index (χ1v) is 6.12. The van der Waals surface area contributed by atoms with E-state index in [0.717, 1.165) is 18.6 Å². The van der Waals surface area contributed by atoms with Crippen molar-refractivity contribution in [3.63, 3.8) is 0 Å². The maximum Gasteiger partial charge on any atom is 0.182 e. The Morgan fingerprint density at radius 1 is 1.41 bits per heavy atom. The normalized spacial score (nSPS) is 18.5. The number of hydrogen-bond acceptors (Lipinski definition) is 3. The molecule has 1 atom stereocenters. The van der Waals surface area contributed by atoms with Gasteiger partial charge >= 0.3 is 0 Å². The number of hydrogen-bond donors (Lipinski definition) is 1. The van der Waals surface area contributed by atoms with Gasteiger partial charge in [-0.2, -0.15) is 0 Å². The Bertz CT molecular complexity index is 405. The van der Waals surface area contributed by atoms with E-state index in [2.05, 4.69) is 0 Å². The minimum atomic E-state index is -0.715. The fraction of sp³-hybridized carbons (Fsp3) is 0.500. The van der Waals surface area contributed by atoms with Crippen LogP contribution in [0.25, 0.3) is 0 Å². The molecule has 0 amide bonds. The van der Waals surface area contributed by atoms with Crippen LogP contribution in [-0.2, 0) is 0 Å². The molecule has 3 nitrogen and oxygen atoms in total. The highest BCUT2D eigenvalue weighted by molar-refractivity contribution is 6.03. The standard InChI is InChI=1S/C14H19NO2/c1-3-17-12-8-4-10(5-9-12)13(16)14(2,15)11-6-7-11/h4-5,8-9,11H,3,6-7,15H2,1-2H3. The maximum atomic E-state index is 12.3. The van der Waals surface area contributed by atoms with Crippen molar-refractivity contribution in [2.24, 2.45) is 11.7 Å². The summed E-state index contributed by atoms with van der Waals surface area (Å²) in [5.41, 5.74) is 6.07.